The Labute approximate surface area is 128 Å². The number of furan rings is 1. The Morgan fingerprint density at radius 3 is 2.68 bits per heavy atom. The molecule has 0 fully saturated rings. The Kier molecular flexibility index (Phi) is 3.74. The summed E-state index contributed by atoms with van der Waals surface area (Å²) in [6.45, 7) is 3.74. The van der Waals surface area contributed by atoms with Gasteiger partial charge in [-0.3, -0.25) is 4.79 Å². The van der Waals surface area contributed by atoms with Crippen LogP contribution in [-0.4, -0.2) is 12.1 Å². The number of hydrogen-bond acceptors (Lipinski definition) is 3. The van der Waals surface area contributed by atoms with Gasteiger partial charge in [-0.25, -0.2) is 5.43 Å². The number of carbonyl (C=O) groups is 1. The predicted molar refractivity (Wildman–Crippen MR) is 87.2 cm³/mol. The van der Waals surface area contributed by atoms with Crippen molar-refractivity contribution in [1.82, 2.24) is 5.43 Å². The van der Waals surface area contributed by atoms with E-state index < -0.39 is 0 Å². The van der Waals surface area contributed by atoms with E-state index in [0.717, 1.165) is 27.9 Å². The topological polar surface area (TPSA) is 54.6 Å². The van der Waals surface area contributed by atoms with Crippen molar-refractivity contribution in [2.45, 2.75) is 13.8 Å². The van der Waals surface area contributed by atoms with Crippen LogP contribution in [0.2, 0.25) is 0 Å². The van der Waals surface area contributed by atoms with E-state index in [4.69, 9.17) is 4.42 Å². The molecule has 1 N–H and O–H groups in total. The number of hydrogen-bond donors (Lipinski definition) is 1. The monoisotopic (exact) mass is 292 g/mol. The van der Waals surface area contributed by atoms with E-state index in [0.29, 0.717) is 5.56 Å². The molecule has 1 amide bonds. The van der Waals surface area contributed by atoms with Crippen molar-refractivity contribution in [3.05, 3.63) is 71.2 Å². The van der Waals surface area contributed by atoms with Gasteiger partial charge in [0.25, 0.3) is 5.91 Å². The van der Waals surface area contributed by atoms with Crippen LogP contribution in [-0.2, 0) is 0 Å². The first-order valence-corrected chi connectivity index (χ1v) is 7.03. The first-order chi connectivity index (χ1) is 10.6. The summed E-state index contributed by atoms with van der Waals surface area (Å²) in [7, 11) is 0. The molecule has 0 aliphatic heterocycles. The SMILES string of the molecule is Cc1cc(/C=N/NC(=O)c2cccc3ccccc23)c(C)o1. The predicted octanol–water partition coefficient (Wildman–Crippen LogP) is 3.81. The smallest absolute Gasteiger partial charge is 0.271 e. The first kappa shape index (κ1) is 14.1. The van der Waals surface area contributed by atoms with Crippen molar-refractivity contribution in [3.8, 4) is 0 Å². The van der Waals surface area contributed by atoms with Gasteiger partial charge in [0.1, 0.15) is 11.5 Å². The second-order valence-electron chi connectivity index (χ2n) is 5.09. The number of carbonyl (C=O) groups excluding carboxylic acids is 1. The van der Waals surface area contributed by atoms with Gasteiger partial charge in [0.15, 0.2) is 0 Å². The molecule has 3 aromatic rings. The highest BCUT2D eigenvalue weighted by Gasteiger charge is 2.08. The molecular formula is C18H16N2O2. The lowest BCUT2D eigenvalue weighted by molar-refractivity contribution is 0.0957. The molecule has 0 atom stereocenters. The normalized spacial score (nSPS) is 11.2. The van der Waals surface area contributed by atoms with Crippen LogP contribution in [0.4, 0.5) is 0 Å². The fourth-order valence-electron chi connectivity index (χ4n) is 2.42. The summed E-state index contributed by atoms with van der Waals surface area (Å²) in [5, 5.41) is 5.95. The van der Waals surface area contributed by atoms with Crippen LogP contribution in [0.3, 0.4) is 0 Å². The van der Waals surface area contributed by atoms with Gasteiger partial charge < -0.3 is 4.42 Å². The van der Waals surface area contributed by atoms with Crippen LogP contribution < -0.4 is 5.43 Å². The Bertz CT molecular complexity index is 857. The van der Waals surface area contributed by atoms with E-state index in [-0.39, 0.29) is 5.91 Å². The summed E-state index contributed by atoms with van der Waals surface area (Å²) in [6, 6.07) is 15.3. The van der Waals surface area contributed by atoms with Crippen molar-refractivity contribution in [2.24, 2.45) is 5.10 Å². The third-order valence-corrected chi connectivity index (χ3v) is 3.48. The third kappa shape index (κ3) is 2.76. The molecule has 0 aliphatic carbocycles. The zero-order chi connectivity index (χ0) is 15.5. The average Bonchev–Trinajstić information content (AvgIpc) is 2.84. The average molecular weight is 292 g/mol. The molecule has 0 aliphatic rings. The molecule has 1 aromatic heterocycles. The van der Waals surface area contributed by atoms with Crippen molar-refractivity contribution in [2.75, 3.05) is 0 Å². The Morgan fingerprint density at radius 2 is 1.91 bits per heavy atom. The van der Waals surface area contributed by atoms with Gasteiger partial charge >= 0.3 is 0 Å². The van der Waals surface area contributed by atoms with Crippen molar-refractivity contribution >= 4 is 22.9 Å². The lowest BCUT2D eigenvalue weighted by Gasteiger charge is -2.04. The second kappa shape index (κ2) is 5.85. The highest BCUT2D eigenvalue weighted by molar-refractivity contribution is 6.07. The fourth-order valence-corrected chi connectivity index (χ4v) is 2.42. The van der Waals surface area contributed by atoms with Crippen molar-refractivity contribution in [1.29, 1.82) is 0 Å². The molecule has 0 saturated heterocycles. The van der Waals surface area contributed by atoms with Gasteiger partial charge in [-0.2, -0.15) is 5.10 Å². The molecule has 1 heterocycles. The van der Waals surface area contributed by atoms with Crippen molar-refractivity contribution < 1.29 is 9.21 Å². The molecule has 110 valence electrons. The summed E-state index contributed by atoms with van der Waals surface area (Å²) in [5.74, 6) is 1.37. The number of rotatable bonds is 3. The standard InChI is InChI=1S/C18H16N2O2/c1-12-10-15(13(2)22-12)11-19-20-18(21)17-9-5-7-14-6-3-4-8-16(14)17/h3-11H,1-2H3,(H,20,21)/b19-11+. The lowest BCUT2D eigenvalue weighted by Crippen LogP contribution is -2.17. The zero-order valence-corrected chi connectivity index (χ0v) is 12.5. The van der Waals surface area contributed by atoms with Gasteiger partial charge in [-0.15, -0.1) is 0 Å². The van der Waals surface area contributed by atoms with Crippen LogP contribution in [0.5, 0.6) is 0 Å². The van der Waals surface area contributed by atoms with Crippen LogP contribution in [0.1, 0.15) is 27.4 Å². The van der Waals surface area contributed by atoms with Crippen LogP contribution in [0, 0.1) is 13.8 Å². The highest BCUT2D eigenvalue weighted by atomic mass is 16.3. The Balaban J connectivity index is 1.81. The molecule has 0 unspecified atom stereocenters. The van der Waals surface area contributed by atoms with Gasteiger partial charge in [0.05, 0.1) is 6.21 Å². The number of aryl methyl sites for hydroxylation is 2. The molecule has 4 heteroatoms. The van der Waals surface area contributed by atoms with E-state index in [9.17, 15) is 4.79 Å². The summed E-state index contributed by atoms with van der Waals surface area (Å²) in [4.78, 5) is 12.3. The summed E-state index contributed by atoms with van der Waals surface area (Å²) in [6.07, 6.45) is 1.59. The Hall–Kier alpha value is -2.88. The number of fused-ring (bicyclic) bond motifs is 1. The number of nitrogens with zero attached hydrogens (tertiary/aromatic N) is 1. The molecule has 3 rings (SSSR count). The number of hydrazone groups is 1. The maximum absolute atomic E-state index is 12.3. The van der Waals surface area contributed by atoms with E-state index >= 15 is 0 Å². The second-order valence-corrected chi connectivity index (χ2v) is 5.09. The van der Waals surface area contributed by atoms with Gasteiger partial charge in [-0.05, 0) is 36.8 Å². The molecule has 22 heavy (non-hydrogen) atoms. The molecule has 0 bridgehead atoms. The fraction of sp³-hybridized carbons (Fsp3) is 0.111. The maximum Gasteiger partial charge on any atom is 0.271 e. The minimum absolute atomic E-state index is 0.231. The molecule has 0 saturated carbocycles. The zero-order valence-electron chi connectivity index (χ0n) is 12.5. The summed E-state index contributed by atoms with van der Waals surface area (Å²) in [5.41, 5.74) is 4.03. The first-order valence-electron chi connectivity index (χ1n) is 7.03. The van der Waals surface area contributed by atoms with E-state index in [1.807, 2.05) is 56.3 Å². The molecule has 4 nitrogen and oxygen atoms in total. The maximum atomic E-state index is 12.3. The van der Waals surface area contributed by atoms with Gasteiger partial charge in [0, 0.05) is 11.1 Å². The summed E-state index contributed by atoms with van der Waals surface area (Å²) >= 11 is 0. The Morgan fingerprint density at radius 1 is 1.14 bits per heavy atom. The number of benzene rings is 2. The number of amides is 1. The lowest BCUT2D eigenvalue weighted by atomic mass is 10.0. The van der Waals surface area contributed by atoms with Gasteiger partial charge in [-0.1, -0.05) is 36.4 Å². The molecular weight excluding hydrogens is 276 g/mol. The number of nitrogens with one attached hydrogen (secondary N) is 1. The minimum Gasteiger partial charge on any atom is -0.466 e. The quantitative estimate of drug-likeness (QED) is 0.589. The van der Waals surface area contributed by atoms with Crippen LogP contribution in [0.25, 0.3) is 10.8 Å². The molecule has 0 radical (unpaired) electrons. The van der Waals surface area contributed by atoms with Crippen LogP contribution in [0.15, 0.2) is 58.0 Å². The summed E-state index contributed by atoms with van der Waals surface area (Å²) < 4.78 is 5.41. The van der Waals surface area contributed by atoms with E-state index in [1.165, 1.54) is 0 Å². The van der Waals surface area contributed by atoms with Gasteiger partial charge in [0.2, 0.25) is 0 Å². The minimum atomic E-state index is -0.231. The molecule has 2 aromatic carbocycles. The van der Waals surface area contributed by atoms with Crippen LogP contribution >= 0.6 is 0 Å². The van der Waals surface area contributed by atoms with Crippen molar-refractivity contribution in [3.63, 3.8) is 0 Å². The van der Waals surface area contributed by atoms with E-state index in [2.05, 4.69) is 10.5 Å². The highest BCUT2D eigenvalue weighted by Crippen LogP contribution is 2.18. The molecule has 0 spiro atoms. The largest absolute Gasteiger partial charge is 0.466 e. The third-order valence-electron chi connectivity index (χ3n) is 3.48. The van der Waals surface area contributed by atoms with E-state index in [1.54, 1.807) is 12.3 Å².